The molecule has 140 valence electrons. The highest BCUT2D eigenvalue weighted by atomic mass is 19.1. The van der Waals surface area contributed by atoms with Gasteiger partial charge in [0.05, 0.1) is 0 Å². The number of carboxylic acid groups (broad SMARTS) is 1. The fraction of sp³-hybridized carbons (Fsp3) is 0.389. The van der Waals surface area contributed by atoms with E-state index >= 15 is 0 Å². The molecule has 26 heavy (non-hydrogen) atoms. The summed E-state index contributed by atoms with van der Waals surface area (Å²) in [4.78, 5) is 28.2. The van der Waals surface area contributed by atoms with Gasteiger partial charge in [-0.15, -0.1) is 0 Å². The molecule has 0 aliphatic carbocycles. The predicted molar refractivity (Wildman–Crippen MR) is 95.9 cm³/mol. The lowest BCUT2D eigenvalue weighted by Gasteiger charge is -2.28. The van der Waals surface area contributed by atoms with E-state index in [4.69, 9.17) is 5.73 Å². The van der Waals surface area contributed by atoms with Gasteiger partial charge in [-0.05, 0) is 37.1 Å². The zero-order valence-electron chi connectivity index (χ0n) is 14.9. The molecule has 0 fully saturated rings. The monoisotopic (exact) mass is 362 g/mol. The molecule has 0 bridgehead atoms. The predicted octanol–water partition coefficient (Wildman–Crippen LogP) is 1.07. The number of amides is 1. The summed E-state index contributed by atoms with van der Waals surface area (Å²) in [5.41, 5.74) is 7.03. The smallest absolute Gasteiger partial charge is 0.326 e. The lowest BCUT2D eigenvalue weighted by Crippen LogP contribution is -2.51. The minimum atomic E-state index is -1.08. The number of aliphatic carboxylic acids is 1. The van der Waals surface area contributed by atoms with Crippen LogP contribution in [0.3, 0.4) is 0 Å². The number of nitrogens with two attached hydrogens (primary N) is 1. The Morgan fingerprint density at radius 3 is 2.77 bits per heavy atom. The summed E-state index contributed by atoms with van der Waals surface area (Å²) in [6.07, 6.45) is 1.55. The summed E-state index contributed by atoms with van der Waals surface area (Å²) in [5, 5.41) is 14.9. The van der Waals surface area contributed by atoms with Crippen molar-refractivity contribution in [2.24, 2.45) is 16.6 Å². The summed E-state index contributed by atoms with van der Waals surface area (Å²) < 4.78 is 13.3. The van der Waals surface area contributed by atoms with Crippen molar-refractivity contribution in [3.63, 3.8) is 0 Å². The van der Waals surface area contributed by atoms with Crippen LogP contribution in [0, 0.1) is 18.7 Å². The molecule has 1 aromatic carbocycles. The molecule has 7 nitrogen and oxygen atoms in total. The van der Waals surface area contributed by atoms with Crippen LogP contribution in [0.2, 0.25) is 0 Å². The van der Waals surface area contributed by atoms with Crippen LogP contribution in [0.1, 0.15) is 25.0 Å². The van der Waals surface area contributed by atoms with Crippen LogP contribution in [0.5, 0.6) is 0 Å². The molecule has 1 amide bonds. The Bertz CT molecular complexity index is 774. The van der Waals surface area contributed by atoms with Gasteiger partial charge in [0.1, 0.15) is 23.4 Å². The van der Waals surface area contributed by atoms with Gasteiger partial charge in [0, 0.05) is 18.5 Å². The Morgan fingerprint density at radius 2 is 2.19 bits per heavy atom. The van der Waals surface area contributed by atoms with Gasteiger partial charge in [-0.1, -0.05) is 19.1 Å². The lowest BCUT2D eigenvalue weighted by molar-refractivity contribution is -0.140. The number of aryl methyl sites for hydroxylation is 1. The third-order valence-corrected chi connectivity index (χ3v) is 4.07. The van der Waals surface area contributed by atoms with Crippen molar-refractivity contribution in [3.05, 3.63) is 47.0 Å². The summed E-state index contributed by atoms with van der Waals surface area (Å²) in [6, 6.07) is 3.23. The fourth-order valence-corrected chi connectivity index (χ4v) is 2.66. The second-order valence-electron chi connectivity index (χ2n) is 6.42. The van der Waals surface area contributed by atoms with Crippen LogP contribution in [0.25, 0.3) is 0 Å². The first-order valence-corrected chi connectivity index (χ1v) is 8.27. The van der Waals surface area contributed by atoms with Crippen LogP contribution in [0.4, 0.5) is 4.39 Å². The number of carbonyl (C=O) groups is 2. The molecule has 2 rings (SSSR count). The topological polar surface area (TPSA) is 117 Å². The largest absolute Gasteiger partial charge is 0.480 e. The fourth-order valence-electron chi connectivity index (χ4n) is 2.66. The third-order valence-electron chi connectivity index (χ3n) is 4.07. The first-order chi connectivity index (χ1) is 12.2. The van der Waals surface area contributed by atoms with E-state index in [9.17, 15) is 19.1 Å². The number of carbonyl (C=O) groups excluding carboxylic acids is 1. The van der Waals surface area contributed by atoms with E-state index in [1.54, 1.807) is 39.0 Å². The number of hydrogen-bond acceptors (Lipinski definition) is 5. The van der Waals surface area contributed by atoms with Gasteiger partial charge in [0.25, 0.3) is 5.91 Å². The molecule has 8 heteroatoms. The van der Waals surface area contributed by atoms with Gasteiger partial charge in [0.2, 0.25) is 0 Å². The molecule has 5 N–H and O–H groups in total. The average Bonchev–Trinajstić information content (AvgIpc) is 2.56. The van der Waals surface area contributed by atoms with Gasteiger partial charge >= 0.3 is 5.97 Å². The number of carboxylic acids is 1. The Balaban J connectivity index is 2.19. The maximum atomic E-state index is 13.3. The van der Waals surface area contributed by atoms with E-state index in [2.05, 4.69) is 15.6 Å². The first kappa shape index (κ1) is 19.6. The summed E-state index contributed by atoms with van der Waals surface area (Å²) in [7, 11) is 0. The minimum Gasteiger partial charge on any atom is -0.480 e. The van der Waals surface area contributed by atoms with Gasteiger partial charge in [-0.3, -0.25) is 4.79 Å². The number of rotatable bonds is 5. The van der Waals surface area contributed by atoms with Crippen molar-refractivity contribution in [2.75, 3.05) is 0 Å². The highest BCUT2D eigenvalue weighted by molar-refractivity contribution is 6.40. The molecule has 1 heterocycles. The van der Waals surface area contributed by atoms with Crippen LogP contribution < -0.4 is 16.4 Å². The second-order valence-corrected chi connectivity index (χ2v) is 6.42. The lowest BCUT2D eigenvalue weighted by atomic mass is 9.93. The SMILES string of the molecule is Cc1cc(CNC(=O)C2=N/C(=C/C(C)N)NC(C(=O)O)C2C)ccc1F. The van der Waals surface area contributed by atoms with Crippen LogP contribution in [0.15, 0.2) is 35.1 Å². The molecule has 3 unspecified atom stereocenters. The van der Waals surface area contributed by atoms with Crippen molar-refractivity contribution in [1.82, 2.24) is 10.6 Å². The molecule has 1 aromatic rings. The van der Waals surface area contributed by atoms with Gasteiger partial charge < -0.3 is 21.5 Å². The Labute approximate surface area is 151 Å². The van der Waals surface area contributed by atoms with Crippen LogP contribution >= 0.6 is 0 Å². The van der Waals surface area contributed by atoms with Crippen molar-refractivity contribution >= 4 is 17.6 Å². The maximum Gasteiger partial charge on any atom is 0.326 e. The molecular formula is C18H23FN4O3. The number of benzene rings is 1. The Hall–Kier alpha value is -2.74. The second kappa shape index (κ2) is 8.09. The summed E-state index contributed by atoms with van der Waals surface area (Å²) in [5.74, 6) is -2.24. The summed E-state index contributed by atoms with van der Waals surface area (Å²) in [6.45, 7) is 5.16. The van der Waals surface area contributed by atoms with Crippen molar-refractivity contribution in [3.8, 4) is 0 Å². The Morgan fingerprint density at radius 1 is 1.50 bits per heavy atom. The van der Waals surface area contributed by atoms with E-state index in [1.165, 1.54) is 6.07 Å². The van der Waals surface area contributed by atoms with Gasteiger partial charge in [-0.2, -0.15) is 0 Å². The minimum absolute atomic E-state index is 0.113. The molecule has 3 atom stereocenters. The molecule has 0 saturated carbocycles. The average molecular weight is 362 g/mol. The van der Waals surface area contributed by atoms with Crippen molar-refractivity contribution < 1.29 is 19.1 Å². The van der Waals surface area contributed by atoms with E-state index in [1.807, 2.05) is 0 Å². The maximum absolute atomic E-state index is 13.3. The molecule has 0 aromatic heterocycles. The Kier molecular flexibility index (Phi) is 6.10. The molecule has 0 saturated heterocycles. The number of aliphatic imine (C=N–C) groups is 1. The number of hydrogen-bond donors (Lipinski definition) is 4. The van der Waals surface area contributed by atoms with E-state index in [-0.39, 0.29) is 29.9 Å². The van der Waals surface area contributed by atoms with E-state index in [0.717, 1.165) is 5.56 Å². The zero-order valence-corrected chi connectivity index (χ0v) is 14.9. The van der Waals surface area contributed by atoms with Crippen LogP contribution in [-0.4, -0.2) is 34.8 Å². The number of nitrogens with zero attached hydrogens (tertiary/aromatic N) is 1. The van der Waals surface area contributed by atoms with Crippen LogP contribution in [-0.2, 0) is 16.1 Å². The highest BCUT2D eigenvalue weighted by Gasteiger charge is 2.35. The third kappa shape index (κ3) is 4.66. The van der Waals surface area contributed by atoms with E-state index < -0.39 is 23.8 Å². The van der Waals surface area contributed by atoms with Gasteiger partial charge in [-0.25, -0.2) is 14.2 Å². The highest BCUT2D eigenvalue weighted by Crippen LogP contribution is 2.17. The molecular weight excluding hydrogens is 339 g/mol. The number of nitrogens with one attached hydrogen (secondary N) is 2. The number of halogens is 1. The standard InChI is InChI=1S/C18H23FN4O3/c1-9-6-12(4-5-13(9)19)8-21-17(24)15-11(3)16(18(25)26)23-14(22-15)7-10(2)20/h4-7,10-11,16,23H,8,20H2,1-3H3,(H,21,24)(H,25,26)/b14-7-. The normalized spacial score (nSPS) is 22.3. The van der Waals surface area contributed by atoms with E-state index in [0.29, 0.717) is 5.56 Å². The molecule has 0 radical (unpaired) electrons. The zero-order chi connectivity index (χ0) is 19.4. The van der Waals surface area contributed by atoms with Gasteiger partial charge in [0.15, 0.2) is 0 Å². The summed E-state index contributed by atoms with van der Waals surface area (Å²) >= 11 is 0. The molecule has 1 aliphatic rings. The van der Waals surface area contributed by atoms with Crippen molar-refractivity contribution in [2.45, 2.75) is 39.4 Å². The van der Waals surface area contributed by atoms with Crippen molar-refractivity contribution in [1.29, 1.82) is 0 Å². The first-order valence-electron chi connectivity index (χ1n) is 8.27. The quantitative estimate of drug-likeness (QED) is 0.625. The molecule has 1 aliphatic heterocycles. The molecule has 0 spiro atoms.